The van der Waals surface area contributed by atoms with Crippen molar-refractivity contribution in [2.24, 2.45) is 0 Å². The minimum atomic E-state index is -0.375. The molecule has 2 heterocycles. The van der Waals surface area contributed by atoms with Crippen molar-refractivity contribution in [1.82, 2.24) is 9.78 Å². The van der Waals surface area contributed by atoms with Gasteiger partial charge in [-0.15, -0.1) is 11.3 Å². The SMILES string of the molecule is O=C(/C=C/c1cccs1)OCc1cn(-c2ccccc2)nc1-c1ccccc1. The highest BCUT2D eigenvalue weighted by Crippen LogP contribution is 2.24. The number of carbonyl (C=O) groups is 1. The highest BCUT2D eigenvalue weighted by Gasteiger charge is 2.13. The molecule has 138 valence electrons. The molecule has 0 saturated carbocycles. The summed E-state index contributed by atoms with van der Waals surface area (Å²) < 4.78 is 7.28. The Hall–Kier alpha value is -3.44. The van der Waals surface area contributed by atoms with Crippen molar-refractivity contribution in [2.45, 2.75) is 6.61 Å². The van der Waals surface area contributed by atoms with Gasteiger partial charge in [-0.3, -0.25) is 0 Å². The first-order valence-corrected chi connectivity index (χ1v) is 9.75. The summed E-state index contributed by atoms with van der Waals surface area (Å²) in [7, 11) is 0. The Morgan fingerprint density at radius 3 is 2.46 bits per heavy atom. The van der Waals surface area contributed by atoms with Crippen LogP contribution in [0.4, 0.5) is 0 Å². The van der Waals surface area contributed by atoms with Crippen LogP contribution in [0.5, 0.6) is 0 Å². The molecule has 0 saturated heterocycles. The lowest BCUT2D eigenvalue weighted by molar-refractivity contribution is -0.138. The van der Waals surface area contributed by atoms with Crippen LogP contribution < -0.4 is 0 Å². The van der Waals surface area contributed by atoms with E-state index in [0.717, 1.165) is 27.4 Å². The molecule has 28 heavy (non-hydrogen) atoms. The van der Waals surface area contributed by atoms with Crippen molar-refractivity contribution in [3.05, 3.63) is 101 Å². The molecule has 0 aliphatic heterocycles. The second-order valence-corrected chi connectivity index (χ2v) is 7.08. The Kier molecular flexibility index (Phi) is 5.45. The number of para-hydroxylation sites is 1. The van der Waals surface area contributed by atoms with Crippen LogP contribution in [0.1, 0.15) is 10.4 Å². The minimum absolute atomic E-state index is 0.157. The summed E-state index contributed by atoms with van der Waals surface area (Å²) in [6.07, 6.45) is 5.13. The van der Waals surface area contributed by atoms with E-state index in [2.05, 4.69) is 0 Å². The third kappa shape index (κ3) is 4.27. The maximum Gasteiger partial charge on any atom is 0.331 e. The summed E-state index contributed by atoms with van der Waals surface area (Å²) in [4.78, 5) is 13.1. The molecule has 0 unspecified atom stereocenters. The molecule has 0 radical (unpaired) electrons. The molecule has 0 aliphatic rings. The smallest absolute Gasteiger partial charge is 0.331 e. The summed E-state index contributed by atoms with van der Waals surface area (Å²) in [6.45, 7) is 0.157. The van der Waals surface area contributed by atoms with E-state index >= 15 is 0 Å². The van der Waals surface area contributed by atoms with Crippen LogP contribution in [0.15, 0.2) is 90.4 Å². The van der Waals surface area contributed by atoms with Crippen molar-refractivity contribution >= 4 is 23.4 Å². The maximum atomic E-state index is 12.1. The monoisotopic (exact) mass is 386 g/mol. The topological polar surface area (TPSA) is 44.1 Å². The van der Waals surface area contributed by atoms with Gasteiger partial charge in [-0.2, -0.15) is 5.10 Å². The quantitative estimate of drug-likeness (QED) is 0.331. The average Bonchev–Trinajstić information content (AvgIpc) is 3.42. The first kappa shape index (κ1) is 17.9. The lowest BCUT2D eigenvalue weighted by Crippen LogP contribution is -2.01. The minimum Gasteiger partial charge on any atom is -0.458 e. The summed E-state index contributed by atoms with van der Waals surface area (Å²) in [5, 5.41) is 6.69. The third-order valence-electron chi connectivity index (χ3n) is 4.15. The number of hydrogen-bond donors (Lipinski definition) is 0. The van der Waals surface area contributed by atoms with Gasteiger partial charge in [-0.05, 0) is 29.7 Å². The molecular weight excluding hydrogens is 368 g/mol. The van der Waals surface area contributed by atoms with Gasteiger partial charge in [-0.25, -0.2) is 9.48 Å². The molecule has 0 atom stereocenters. The largest absolute Gasteiger partial charge is 0.458 e. The third-order valence-corrected chi connectivity index (χ3v) is 4.99. The van der Waals surface area contributed by atoms with Crippen molar-refractivity contribution in [3.8, 4) is 16.9 Å². The van der Waals surface area contributed by atoms with Gasteiger partial charge in [0, 0.05) is 28.3 Å². The number of benzene rings is 2. The summed E-state index contributed by atoms with van der Waals surface area (Å²) in [5.41, 5.74) is 3.60. The van der Waals surface area contributed by atoms with E-state index < -0.39 is 0 Å². The van der Waals surface area contributed by atoms with E-state index in [0.29, 0.717) is 0 Å². The zero-order chi connectivity index (χ0) is 19.2. The Balaban J connectivity index is 1.56. The van der Waals surface area contributed by atoms with Crippen LogP contribution in [0.3, 0.4) is 0 Å². The molecule has 0 aliphatic carbocycles. The molecule has 0 bridgehead atoms. The van der Waals surface area contributed by atoms with Gasteiger partial charge in [0.1, 0.15) is 6.61 Å². The number of esters is 1. The first-order chi connectivity index (χ1) is 13.8. The van der Waals surface area contributed by atoms with E-state index in [4.69, 9.17) is 9.84 Å². The van der Waals surface area contributed by atoms with Crippen LogP contribution in [-0.4, -0.2) is 15.7 Å². The fourth-order valence-electron chi connectivity index (χ4n) is 2.80. The molecule has 0 spiro atoms. The predicted molar refractivity (Wildman–Crippen MR) is 112 cm³/mol. The first-order valence-electron chi connectivity index (χ1n) is 8.87. The lowest BCUT2D eigenvalue weighted by Gasteiger charge is -2.03. The van der Waals surface area contributed by atoms with Crippen LogP contribution in [0.25, 0.3) is 23.0 Å². The Bertz CT molecular complexity index is 1070. The molecule has 0 N–H and O–H groups in total. The van der Waals surface area contributed by atoms with E-state index in [-0.39, 0.29) is 12.6 Å². The summed E-state index contributed by atoms with van der Waals surface area (Å²) in [6, 6.07) is 23.7. The highest BCUT2D eigenvalue weighted by atomic mass is 32.1. The maximum absolute atomic E-state index is 12.1. The van der Waals surface area contributed by atoms with Gasteiger partial charge < -0.3 is 4.74 Å². The number of hydrogen-bond acceptors (Lipinski definition) is 4. The molecular formula is C23H18N2O2S. The number of aromatic nitrogens is 2. The number of thiophene rings is 1. The van der Waals surface area contributed by atoms with Gasteiger partial charge >= 0.3 is 5.97 Å². The normalized spacial score (nSPS) is 11.0. The Labute approximate surface area is 167 Å². The standard InChI is InChI=1S/C23H18N2O2S/c26-22(14-13-21-12-7-15-28-21)27-17-19-16-25(20-10-5-2-6-11-20)24-23(19)18-8-3-1-4-9-18/h1-16H,17H2/b14-13+. The molecule has 0 fully saturated rings. The van der Waals surface area contributed by atoms with Gasteiger partial charge in [0.2, 0.25) is 0 Å². The molecule has 0 amide bonds. The molecule has 2 aromatic carbocycles. The highest BCUT2D eigenvalue weighted by molar-refractivity contribution is 7.10. The fourth-order valence-corrected chi connectivity index (χ4v) is 3.42. The van der Waals surface area contributed by atoms with Crippen LogP contribution >= 0.6 is 11.3 Å². The van der Waals surface area contributed by atoms with Gasteiger partial charge in [0.15, 0.2) is 0 Å². The van der Waals surface area contributed by atoms with Crippen LogP contribution in [0, 0.1) is 0 Å². The Morgan fingerprint density at radius 1 is 1.00 bits per heavy atom. The zero-order valence-corrected chi connectivity index (χ0v) is 15.9. The number of ether oxygens (including phenoxy) is 1. The van der Waals surface area contributed by atoms with Crippen molar-refractivity contribution in [2.75, 3.05) is 0 Å². The van der Waals surface area contributed by atoms with Crippen molar-refractivity contribution in [3.63, 3.8) is 0 Å². The second kappa shape index (κ2) is 8.50. The van der Waals surface area contributed by atoms with Crippen LogP contribution in [0.2, 0.25) is 0 Å². The van der Waals surface area contributed by atoms with Crippen molar-refractivity contribution in [1.29, 1.82) is 0 Å². The van der Waals surface area contributed by atoms with E-state index in [9.17, 15) is 4.79 Å². The molecule has 2 aromatic heterocycles. The number of nitrogens with zero attached hydrogens (tertiary/aromatic N) is 2. The van der Waals surface area contributed by atoms with E-state index in [1.165, 1.54) is 6.08 Å². The lowest BCUT2D eigenvalue weighted by atomic mass is 10.1. The Morgan fingerprint density at radius 2 is 1.75 bits per heavy atom. The van der Waals surface area contributed by atoms with Crippen molar-refractivity contribution < 1.29 is 9.53 Å². The number of rotatable bonds is 6. The summed E-state index contributed by atoms with van der Waals surface area (Å²) >= 11 is 1.57. The fraction of sp³-hybridized carbons (Fsp3) is 0.0435. The van der Waals surface area contributed by atoms with Gasteiger partial charge in [-0.1, -0.05) is 54.6 Å². The van der Waals surface area contributed by atoms with Gasteiger partial charge in [0.25, 0.3) is 0 Å². The zero-order valence-electron chi connectivity index (χ0n) is 15.1. The number of carbonyl (C=O) groups excluding carboxylic acids is 1. The average molecular weight is 386 g/mol. The predicted octanol–water partition coefficient (Wildman–Crippen LogP) is 5.36. The molecule has 5 heteroatoms. The van der Waals surface area contributed by atoms with E-state index in [1.54, 1.807) is 17.4 Å². The molecule has 4 rings (SSSR count). The summed E-state index contributed by atoms with van der Waals surface area (Å²) in [5.74, 6) is -0.375. The molecule has 4 aromatic rings. The second-order valence-electron chi connectivity index (χ2n) is 6.11. The van der Waals surface area contributed by atoms with E-state index in [1.807, 2.05) is 89.1 Å². The molecule has 4 nitrogen and oxygen atoms in total. The van der Waals surface area contributed by atoms with Crippen LogP contribution in [-0.2, 0) is 16.1 Å². The van der Waals surface area contributed by atoms with Gasteiger partial charge in [0.05, 0.1) is 11.4 Å².